The van der Waals surface area contributed by atoms with Gasteiger partial charge >= 0.3 is 0 Å². The van der Waals surface area contributed by atoms with Crippen molar-refractivity contribution in [3.8, 4) is 0 Å². The average molecular weight is 161 g/mol. The molecular weight excluding hydrogens is 146 g/mol. The lowest BCUT2D eigenvalue weighted by molar-refractivity contribution is -0.0826. The van der Waals surface area contributed by atoms with Gasteiger partial charge in [0.2, 0.25) is 0 Å². The summed E-state index contributed by atoms with van der Waals surface area (Å²) in [5.74, 6) is -0.0694. The summed E-state index contributed by atoms with van der Waals surface area (Å²) < 4.78 is 10.5. The zero-order valence-corrected chi connectivity index (χ0v) is 7.59. The Morgan fingerprint density at radius 3 is 2.10 bits per heavy atom. The molecule has 0 aliphatic rings. The van der Waals surface area contributed by atoms with Crippen molar-refractivity contribution in [1.82, 2.24) is 0 Å². The molecule has 60 valence electrons. The normalized spacial score (nSPS) is 10.8. The molecule has 0 saturated carbocycles. The summed E-state index contributed by atoms with van der Waals surface area (Å²) in [6.07, 6.45) is 0.644. The van der Waals surface area contributed by atoms with Gasteiger partial charge in [0.25, 0.3) is 0 Å². The van der Waals surface area contributed by atoms with E-state index in [2.05, 4.69) is 0 Å². The molecule has 0 aromatic carbocycles. The van der Waals surface area contributed by atoms with E-state index in [1.165, 1.54) is 0 Å². The quantitative estimate of drug-likeness (QED) is 0.439. The molecule has 0 saturated heterocycles. The van der Waals surface area contributed by atoms with E-state index in [1.807, 2.05) is 13.8 Å². The molecule has 3 nitrogen and oxygen atoms in total. The van der Waals surface area contributed by atoms with Crippen LogP contribution in [0.5, 0.6) is 0 Å². The highest BCUT2D eigenvalue weighted by molar-refractivity contribution is 6.36. The Balaban J connectivity index is 3.30. The molecule has 0 bridgehead atoms. The molecule has 0 heterocycles. The van der Waals surface area contributed by atoms with Crippen LogP contribution in [0, 0.1) is 0 Å². The number of rotatable bonds is 6. The Hall–Kier alpha value is 0.0969. The molecule has 0 spiro atoms. The van der Waals surface area contributed by atoms with Crippen molar-refractivity contribution >= 4 is 9.52 Å². The second kappa shape index (κ2) is 7.21. The Bertz CT molecular complexity index is 58.5. The van der Waals surface area contributed by atoms with Crippen LogP contribution in [0.25, 0.3) is 0 Å². The minimum Gasteiger partial charge on any atom is -0.357 e. The van der Waals surface area contributed by atoms with Crippen LogP contribution >= 0.6 is 0 Å². The first-order valence-corrected chi connectivity index (χ1v) is 4.80. The van der Waals surface area contributed by atoms with Gasteiger partial charge in [-0.2, -0.15) is 0 Å². The fourth-order valence-corrected chi connectivity index (χ4v) is 1.33. The Morgan fingerprint density at radius 2 is 1.80 bits per heavy atom. The standard InChI is InChI=1S/C6H15NO2Si/c1-3-8-6(9-4-2)10-5-7/h6H,3-5,7H2,1-2H3. The lowest BCUT2D eigenvalue weighted by atomic mass is 10.8. The molecule has 0 aromatic heterocycles. The van der Waals surface area contributed by atoms with Gasteiger partial charge in [0.1, 0.15) is 15.4 Å². The molecule has 0 unspecified atom stereocenters. The maximum atomic E-state index is 5.34. The summed E-state index contributed by atoms with van der Waals surface area (Å²) in [7, 11) is 0.553. The van der Waals surface area contributed by atoms with Gasteiger partial charge < -0.3 is 15.2 Å². The molecule has 0 aromatic rings. The van der Waals surface area contributed by atoms with E-state index in [-0.39, 0.29) is 5.91 Å². The molecular formula is C6H15NO2Si. The Morgan fingerprint density at radius 1 is 1.30 bits per heavy atom. The number of nitrogens with two attached hydrogens (primary N) is 1. The second-order valence-corrected chi connectivity index (χ2v) is 2.94. The largest absolute Gasteiger partial charge is 0.357 e. The Kier molecular flexibility index (Phi) is 7.28. The van der Waals surface area contributed by atoms with Crippen molar-refractivity contribution in [3.63, 3.8) is 0 Å². The first-order valence-electron chi connectivity index (χ1n) is 3.51. The van der Waals surface area contributed by atoms with Gasteiger partial charge in [-0.1, -0.05) is 0 Å². The molecule has 2 radical (unpaired) electrons. The predicted molar refractivity (Wildman–Crippen MR) is 41.8 cm³/mol. The highest BCUT2D eigenvalue weighted by atomic mass is 28.2. The predicted octanol–water partition coefficient (Wildman–Crippen LogP) is -0.0366. The third kappa shape index (κ3) is 4.93. The fourth-order valence-electron chi connectivity index (χ4n) is 0.565. The monoisotopic (exact) mass is 161 g/mol. The molecule has 0 amide bonds. The Labute approximate surface area is 64.7 Å². The van der Waals surface area contributed by atoms with Crippen LogP contribution in [0.2, 0.25) is 0 Å². The average Bonchev–Trinajstić information content (AvgIpc) is 1.90. The van der Waals surface area contributed by atoms with Crippen molar-refractivity contribution in [1.29, 1.82) is 0 Å². The minimum atomic E-state index is -0.0694. The number of ether oxygens (including phenoxy) is 2. The first kappa shape index (κ1) is 10.1. The molecule has 2 N–H and O–H groups in total. The minimum absolute atomic E-state index is 0.0694. The molecule has 0 rings (SSSR count). The van der Waals surface area contributed by atoms with Gasteiger partial charge in [-0.25, -0.2) is 0 Å². The van der Waals surface area contributed by atoms with Crippen molar-refractivity contribution in [2.45, 2.75) is 19.8 Å². The van der Waals surface area contributed by atoms with Crippen LogP contribution in [0.1, 0.15) is 13.8 Å². The van der Waals surface area contributed by atoms with Crippen molar-refractivity contribution in [3.05, 3.63) is 0 Å². The number of hydrogen-bond donors (Lipinski definition) is 1. The highest BCUT2D eigenvalue weighted by Crippen LogP contribution is 1.90. The van der Waals surface area contributed by atoms with E-state index in [9.17, 15) is 0 Å². The molecule has 0 aliphatic carbocycles. The van der Waals surface area contributed by atoms with E-state index < -0.39 is 0 Å². The second-order valence-electron chi connectivity index (χ2n) is 1.65. The summed E-state index contributed by atoms with van der Waals surface area (Å²) in [4.78, 5) is 0. The summed E-state index contributed by atoms with van der Waals surface area (Å²) in [6, 6.07) is 0. The van der Waals surface area contributed by atoms with Crippen LogP contribution in [0.15, 0.2) is 0 Å². The zero-order chi connectivity index (χ0) is 7.82. The molecule has 0 fully saturated rings. The van der Waals surface area contributed by atoms with E-state index >= 15 is 0 Å². The number of hydrogen-bond acceptors (Lipinski definition) is 3. The van der Waals surface area contributed by atoms with Crippen LogP contribution in [-0.4, -0.2) is 34.8 Å². The third-order valence-corrected chi connectivity index (χ3v) is 1.82. The molecule has 4 heteroatoms. The van der Waals surface area contributed by atoms with Crippen molar-refractivity contribution < 1.29 is 9.47 Å². The topological polar surface area (TPSA) is 44.5 Å². The SMILES string of the molecule is CCOC(OCC)[Si]CN. The summed E-state index contributed by atoms with van der Waals surface area (Å²) >= 11 is 0. The maximum absolute atomic E-state index is 5.34. The molecule has 0 atom stereocenters. The van der Waals surface area contributed by atoms with E-state index in [1.54, 1.807) is 0 Å². The summed E-state index contributed by atoms with van der Waals surface area (Å²) in [6.45, 7) is 5.29. The van der Waals surface area contributed by atoms with Crippen LogP contribution in [0.4, 0.5) is 0 Å². The van der Waals surface area contributed by atoms with Crippen molar-refractivity contribution in [2.75, 3.05) is 19.4 Å². The summed E-state index contributed by atoms with van der Waals surface area (Å²) in [5, 5.41) is 0. The van der Waals surface area contributed by atoms with E-state index in [0.717, 1.165) is 0 Å². The molecule has 0 aliphatic heterocycles. The van der Waals surface area contributed by atoms with E-state index in [4.69, 9.17) is 15.2 Å². The fraction of sp³-hybridized carbons (Fsp3) is 1.00. The van der Waals surface area contributed by atoms with Gasteiger partial charge in [0.05, 0.1) is 0 Å². The smallest absolute Gasteiger partial charge is 0.138 e. The molecule has 10 heavy (non-hydrogen) atoms. The zero-order valence-electron chi connectivity index (χ0n) is 6.59. The highest BCUT2D eigenvalue weighted by Gasteiger charge is 2.05. The van der Waals surface area contributed by atoms with Gasteiger partial charge in [-0.15, -0.1) is 0 Å². The van der Waals surface area contributed by atoms with Crippen molar-refractivity contribution in [2.24, 2.45) is 5.73 Å². The van der Waals surface area contributed by atoms with Gasteiger partial charge in [0, 0.05) is 13.2 Å². The van der Waals surface area contributed by atoms with Crippen LogP contribution in [0.3, 0.4) is 0 Å². The van der Waals surface area contributed by atoms with Crippen LogP contribution < -0.4 is 5.73 Å². The van der Waals surface area contributed by atoms with E-state index in [0.29, 0.717) is 28.9 Å². The maximum Gasteiger partial charge on any atom is 0.138 e. The third-order valence-electron chi connectivity index (χ3n) is 0.921. The van der Waals surface area contributed by atoms with Gasteiger partial charge in [-0.3, -0.25) is 0 Å². The van der Waals surface area contributed by atoms with Gasteiger partial charge in [-0.05, 0) is 20.0 Å². The first-order chi connectivity index (χ1) is 4.85. The lowest BCUT2D eigenvalue weighted by Crippen LogP contribution is -2.30. The van der Waals surface area contributed by atoms with Crippen LogP contribution in [-0.2, 0) is 9.47 Å². The van der Waals surface area contributed by atoms with Gasteiger partial charge in [0.15, 0.2) is 0 Å². The summed E-state index contributed by atoms with van der Waals surface area (Å²) in [5.41, 5.74) is 5.34. The lowest BCUT2D eigenvalue weighted by Gasteiger charge is -2.14.